The van der Waals surface area contributed by atoms with Crippen LogP contribution in [-0.2, 0) is 0 Å². The van der Waals surface area contributed by atoms with Gasteiger partial charge >= 0.3 is 0 Å². The molecule has 1 aliphatic rings. The minimum Gasteiger partial charge on any atom is -0.329 e. The maximum absolute atomic E-state index is 5.96. The molecular weight excluding hydrogens is 184 g/mol. The van der Waals surface area contributed by atoms with Crippen LogP contribution in [-0.4, -0.2) is 30.1 Å². The standard InChI is InChI=1S/C13H28N2/c1-10-7-6-8-15(11(10)2)12(9-14)13(3,4)5/h10-12H,6-9,14H2,1-5H3. The van der Waals surface area contributed by atoms with Crippen molar-refractivity contribution in [1.82, 2.24) is 4.90 Å². The monoisotopic (exact) mass is 212 g/mol. The van der Waals surface area contributed by atoms with Gasteiger partial charge in [-0.2, -0.15) is 0 Å². The molecule has 0 aliphatic carbocycles. The maximum Gasteiger partial charge on any atom is 0.0269 e. The molecule has 3 atom stereocenters. The van der Waals surface area contributed by atoms with Gasteiger partial charge in [-0.3, -0.25) is 4.90 Å². The van der Waals surface area contributed by atoms with Crippen molar-refractivity contribution >= 4 is 0 Å². The van der Waals surface area contributed by atoms with E-state index in [2.05, 4.69) is 39.5 Å². The van der Waals surface area contributed by atoms with E-state index in [1.807, 2.05) is 0 Å². The van der Waals surface area contributed by atoms with E-state index < -0.39 is 0 Å². The summed E-state index contributed by atoms with van der Waals surface area (Å²) in [5, 5.41) is 0. The van der Waals surface area contributed by atoms with E-state index in [1.165, 1.54) is 19.4 Å². The summed E-state index contributed by atoms with van der Waals surface area (Å²) in [5.74, 6) is 0.815. The van der Waals surface area contributed by atoms with Crippen LogP contribution in [0.5, 0.6) is 0 Å². The molecule has 1 saturated heterocycles. The molecule has 2 nitrogen and oxygen atoms in total. The van der Waals surface area contributed by atoms with E-state index >= 15 is 0 Å². The highest BCUT2D eigenvalue weighted by Gasteiger charge is 2.35. The topological polar surface area (TPSA) is 29.3 Å². The lowest BCUT2D eigenvalue weighted by Crippen LogP contribution is -2.55. The molecule has 1 fully saturated rings. The van der Waals surface area contributed by atoms with Crippen LogP contribution in [0.15, 0.2) is 0 Å². The second kappa shape index (κ2) is 4.84. The smallest absolute Gasteiger partial charge is 0.0269 e. The summed E-state index contributed by atoms with van der Waals surface area (Å²) in [7, 11) is 0. The van der Waals surface area contributed by atoms with Crippen molar-refractivity contribution < 1.29 is 0 Å². The van der Waals surface area contributed by atoms with Gasteiger partial charge in [-0.25, -0.2) is 0 Å². The third-order valence-electron chi connectivity index (χ3n) is 4.05. The number of likely N-dealkylation sites (tertiary alicyclic amines) is 1. The predicted molar refractivity (Wildman–Crippen MR) is 66.9 cm³/mol. The van der Waals surface area contributed by atoms with Gasteiger partial charge in [0.1, 0.15) is 0 Å². The molecule has 2 heteroatoms. The zero-order chi connectivity index (χ0) is 11.6. The largest absolute Gasteiger partial charge is 0.329 e. The Labute approximate surface area is 95.2 Å². The molecule has 1 rings (SSSR count). The third kappa shape index (κ3) is 2.94. The van der Waals surface area contributed by atoms with E-state index in [0.717, 1.165) is 12.5 Å². The van der Waals surface area contributed by atoms with Crippen molar-refractivity contribution in [3.63, 3.8) is 0 Å². The molecule has 0 spiro atoms. The summed E-state index contributed by atoms with van der Waals surface area (Å²) in [6, 6.07) is 1.21. The summed E-state index contributed by atoms with van der Waals surface area (Å²) in [4.78, 5) is 2.63. The molecule has 1 aliphatic heterocycles. The van der Waals surface area contributed by atoms with Gasteiger partial charge in [0.15, 0.2) is 0 Å². The van der Waals surface area contributed by atoms with Gasteiger partial charge in [0.25, 0.3) is 0 Å². The molecular formula is C13H28N2. The van der Waals surface area contributed by atoms with Crippen LogP contribution in [0.3, 0.4) is 0 Å². The van der Waals surface area contributed by atoms with Crippen molar-refractivity contribution in [3.8, 4) is 0 Å². The SMILES string of the molecule is CC1CCCN(C(CN)C(C)(C)C)C1C. The van der Waals surface area contributed by atoms with E-state index in [1.54, 1.807) is 0 Å². The highest BCUT2D eigenvalue weighted by Crippen LogP contribution is 2.31. The van der Waals surface area contributed by atoms with Gasteiger partial charge in [-0.05, 0) is 37.6 Å². The Morgan fingerprint density at radius 3 is 2.40 bits per heavy atom. The molecule has 0 amide bonds. The van der Waals surface area contributed by atoms with Gasteiger partial charge in [0.05, 0.1) is 0 Å². The molecule has 90 valence electrons. The van der Waals surface area contributed by atoms with Gasteiger partial charge in [0, 0.05) is 18.6 Å². The fourth-order valence-corrected chi connectivity index (χ4v) is 2.79. The lowest BCUT2D eigenvalue weighted by atomic mass is 9.81. The molecule has 0 aromatic rings. The molecule has 1 heterocycles. The fourth-order valence-electron chi connectivity index (χ4n) is 2.79. The molecule has 0 aromatic carbocycles. The second-order valence-corrected chi connectivity index (χ2v) is 6.22. The predicted octanol–water partition coefficient (Wildman–Crippen LogP) is 2.48. The van der Waals surface area contributed by atoms with Crippen molar-refractivity contribution in [2.45, 2.75) is 59.5 Å². The average molecular weight is 212 g/mol. The minimum atomic E-state index is 0.292. The molecule has 0 saturated carbocycles. The first-order chi connectivity index (χ1) is 6.88. The van der Waals surface area contributed by atoms with Crippen molar-refractivity contribution in [1.29, 1.82) is 0 Å². The Kier molecular flexibility index (Phi) is 4.19. The van der Waals surface area contributed by atoms with E-state index in [0.29, 0.717) is 17.5 Å². The van der Waals surface area contributed by atoms with E-state index in [-0.39, 0.29) is 0 Å². The Morgan fingerprint density at radius 1 is 1.33 bits per heavy atom. The maximum atomic E-state index is 5.96. The van der Waals surface area contributed by atoms with Crippen LogP contribution in [0, 0.1) is 11.3 Å². The van der Waals surface area contributed by atoms with Gasteiger partial charge in [-0.15, -0.1) is 0 Å². The van der Waals surface area contributed by atoms with E-state index in [4.69, 9.17) is 5.73 Å². The van der Waals surface area contributed by atoms with Gasteiger partial charge in [0.2, 0.25) is 0 Å². The van der Waals surface area contributed by atoms with Crippen LogP contribution in [0.1, 0.15) is 47.5 Å². The first-order valence-corrected chi connectivity index (χ1v) is 6.33. The van der Waals surface area contributed by atoms with Gasteiger partial charge < -0.3 is 5.73 Å². The average Bonchev–Trinajstić information content (AvgIpc) is 2.11. The van der Waals surface area contributed by atoms with E-state index in [9.17, 15) is 0 Å². The number of rotatable bonds is 2. The highest BCUT2D eigenvalue weighted by molar-refractivity contribution is 4.90. The van der Waals surface area contributed by atoms with Crippen LogP contribution >= 0.6 is 0 Å². The molecule has 15 heavy (non-hydrogen) atoms. The van der Waals surface area contributed by atoms with Crippen LogP contribution in [0.4, 0.5) is 0 Å². The molecule has 0 radical (unpaired) electrons. The zero-order valence-corrected chi connectivity index (χ0v) is 11.1. The summed E-state index contributed by atoms with van der Waals surface area (Å²) in [5.41, 5.74) is 6.25. The third-order valence-corrected chi connectivity index (χ3v) is 4.05. The number of piperidine rings is 1. The van der Waals surface area contributed by atoms with Crippen LogP contribution < -0.4 is 5.73 Å². The number of nitrogens with zero attached hydrogens (tertiary/aromatic N) is 1. The summed E-state index contributed by atoms with van der Waals surface area (Å²) >= 11 is 0. The number of nitrogens with two attached hydrogens (primary N) is 1. The van der Waals surface area contributed by atoms with Crippen molar-refractivity contribution in [3.05, 3.63) is 0 Å². The van der Waals surface area contributed by atoms with Crippen LogP contribution in [0.25, 0.3) is 0 Å². The molecule has 2 N–H and O–H groups in total. The lowest BCUT2D eigenvalue weighted by molar-refractivity contribution is 0.0212. The quantitative estimate of drug-likeness (QED) is 0.762. The molecule has 0 aromatic heterocycles. The first kappa shape index (κ1) is 13.0. The summed E-state index contributed by atoms with van der Waals surface area (Å²) < 4.78 is 0. The Hall–Kier alpha value is -0.0800. The lowest BCUT2D eigenvalue weighted by Gasteiger charge is -2.47. The number of hydrogen-bond donors (Lipinski definition) is 1. The fraction of sp³-hybridized carbons (Fsp3) is 1.00. The zero-order valence-electron chi connectivity index (χ0n) is 11.1. The Morgan fingerprint density at radius 2 is 1.93 bits per heavy atom. The normalized spacial score (nSPS) is 31.6. The minimum absolute atomic E-state index is 0.292. The number of hydrogen-bond acceptors (Lipinski definition) is 2. The molecule has 3 unspecified atom stereocenters. The Balaban J connectivity index is 2.75. The van der Waals surface area contributed by atoms with Crippen molar-refractivity contribution in [2.24, 2.45) is 17.1 Å². The highest BCUT2D eigenvalue weighted by atomic mass is 15.2. The first-order valence-electron chi connectivity index (χ1n) is 6.33. The summed E-state index contributed by atoms with van der Waals surface area (Å²) in [6.07, 6.45) is 2.71. The summed E-state index contributed by atoms with van der Waals surface area (Å²) in [6.45, 7) is 13.6. The van der Waals surface area contributed by atoms with Gasteiger partial charge in [-0.1, -0.05) is 27.7 Å². The molecule has 0 bridgehead atoms. The van der Waals surface area contributed by atoms with Crippen molar-refractivity contribution in [2.75, 3.05) is 13.1 Å². The Bertz CT molecular complexity index is 195. The van der Waals surface area contributed by atoms with Crippen LogP contribution in [0.2, 0.25) is 0 Å². The second-order valence-electron chi connectivity index (χ2n) is 6.22.